The molecule has 2 atom stereocenters. The van der Waals surface area contributed by atoms with Crippen LogP contribution in [-0.2, 0) is 9.53 Å². The Bertz CT molecular complexity index is 829. The van der Waals surface area contributed by atoms with Gasteiger partial charge in [-0.2, -0.15) is 0 Å². The van der Waals surface area contributed by atoms with E-state index >= 15 is 0 Å². The monoisotopic (exact) mass is 396 g/mol. The zero-order valence-corrected chi connectivity index (χ0v) is 16.9. The highest BCUT2D eigenvalue weighted by Gasteiger charge is 2.22. The summed E-state index contributed by atoms with van der Waals surface area (Å²) in [5, 5.41) is 5.74. The first-order chi connectivity index (χ1) is 14.1. The van der Waals surface area contributed by atoms with Crippen LogP contribution in [0.2, 0.25) is 0 Å². The van der Waals surface area contributed by atoms with Crippen LogP contribution in [0.1, 0.15) is 42.1 Å². The van der Waals surface area contributed by atoms with Crippen LogP contribution < -0.4 is 15.4 Å². The van der Waals surface area contributed by atoms with Crippen LogP contribution >= 0.6 is 0 Å². The molecular weight excluding hydrogens is 368 g/mol. The molecule has 0 bridgehead atoms. The van der Waals surface area contributed by atoms with Crippen molar-refractivity contribution in [2.75, 3.05) is 18.5 Å². The van der Waals surface area contributed by atoms with Crippen molar-refractivity contribution >= 4 is 17.5 Å². The zero-order chi connectivity index (χ0) is 20.6. The molecule has 3 rings (SSSR count). The first kappa shape index (κ1) is 20.9. The van der Waals surface area contributed by atoms with Crippen LogP contribution in [0.3, 0.4) is 0 Å². The van der Waals surface area contributed by atoms with Crippen molar-refractivity contribution < 1.29 is 19.1 Å². The molecule has 29 heavy (non-hydrogen) atoms. The average molecular weight is 396 g/mol. The van der Waals surface area contributed by atoms with Gasteiger partial charge >= 0.3 is 0 Å². The van der Waals surface area contributed by atoms with E-state index in [4.69, 9.17) is 9.47 Å². The highest BCUT2D eigenvalue weighted by Crippen LogP contribution is 2.19. The number of para-hydroxylation sites is 1. The highest BCUT2D eigenvalue weighted by molar-refractivity contribution is 6.04. The van der Waals surface area contributed by atoms with Gasteiger partial charge in [0.05, 0.1) is 17.4 Å². The molecule has 0 aromatic heterocycles. The van der Waals surface area contributed by atoms with Crippen LogP contribution in [0, 0.1) is 6.92 Å². The molecule has 0 radical (unpaired) electrons. The zero-order valence-electron chi connectivity index (χ0n) is 16.9. The topological polar surface area (TPSA) is 76.7 Å². The van der Waals surface area contributed by atoms with Crippen molar-refractivity contribution in [1.29, 1.82) is 0 Å². The quantitative estimate of drug-likeness (QED) is 0.713. The molecule has 0 aliphatic carbocycles. The minimum absolute atomic E-state index is 0.0630. The summed E-state index contributed by atoms with van der Waals surface area (Å²) in [5.74, 6) is 0.122. The van der Waals surface area contributed by atoms with E-state index in [1.165, 1.54) is 0 Å². The Labute approximate surface area is 171 Å². The molecule has 2 aromatic carbocycles. The number of ether oxygens (including phenoxy) is 2. The summed E-state index contributed by atoms with van der Waals surface area (Å²) < 4.78 is 11.4. The molecule has 6 heteroatoms. The van der Waals surface area contributed by atoms with E-state index in [-0.39, 0.29) is 17.9 Å². The van der Waals surface area contributed by atoms with Crippen LogP contribution in [0.25, 0.3) is 0 Å². The van der Waals surface area contributed by atoms with E-state index in [9.17, 15) is 9.59 Å². The van der Waals surface area contributed by atoms with Crippen LogP contribution in [0.4, 0.5) is 5.69 Å². The number of aryl methyl sites for hydroxylation is 1. The Morgan fingerprint density at radius 1 is 1.17 bits per heavy atom. The summed E-state index contributed by atoms with van der Waals surface area (Å²) in [7, 11) is 0. The molecule has 2 amide bonds. The SMILES string of the molecule is CC[C@H](Oc1ccc(C)cc1)C(=O)Nc1ccccc1C(=O)NC[C@H]1CCCO1. The maximum Gasteiger partial charge on any atom is 0.265 e. The Morgan fingerprint density at radius 2 is 1.93 bits per heavy atom. The van der Waals surface area contributed by atoms with E-state index in [0.717, 1.165) is 25.0 Å². The van der Waals surface area contributed by atoms with Gasteiger partial charge in [0.2, 0.25) is 0 Å². The second-order valence-electron chi connectivity index (χ2n) is 7.21. The van der Waals surface area contributed by atoms with Gasteiger partial charge in [0.1, 0.15) is 5.75 Å². The molecule has 6 nitrogen and oxygen atoms in total. The summed E-state index contributed by atoms with van der Waals surface area (Å²) in [5.41, 5.74) is 2.01. The summed E-state index contributed by atoms with van der Waals surface area (Å²) in [6.45, 7) is 5.09. The molecule has 154 valence electrons. The molecule has 2 aromatic rings. The number of carbonyl (C=O) groups is 2. The highest BCUT2D eigenvalue weighted by atomic mass is 16.5. The minimum Gasteiger partial charge on any atom is -0.481 e. The molecule has 1 aliphatic heterocycles. The molecule has 0 unspecified atom stereocenters. The number of carbonyl (C=O) groups excluding carboxylic acids is 2. The standard InChI is InChI=1S/C23H28N2O4/c1-3-21(29-17-12-10-16(2)11-13-17)23(27)25-20-9-5-4-8-19(20)22(26)24-15-18-7-6-14-28-18/h4-5,8-13,18,21H,3,6-7,14-15H2,1-2H3,(H,24,26)(H,25,27)/t18-,21+/m1/s1. The lowest BCUT2D eigenvalue weighted by molar-refractivity contribution is -0.122. The van der Waals surface area contributed by atoms with Gasteiger partial charge in [-0.25, -0.2) is 0 Å². The average Bonchev–Trinajstić information content (AvgIpc) is 3.25. The normalized spacial score (nSPS) is 16.8. The van der Waals surface area contributed by atoms with Crippen molar-refractivity contribution in [1.82, 2.24) is 5.32 Å². The Hall–Kier alpha value is -2.86. The van der Waals surface area contributed by atoms with E-state index in [1.807, 2.05) is 38.1 Å². The fourth-order valence-corrected chi connectivity index (χ4v) is 3.21. The van der Waals surface area contributed by atoms with Crippen molar-refractivity contribution in [3.63, 3.8) is 0 Å². The second-order valence-corrected chi connectivity index (χ2v) is 7.21. The summed E-state index contributed by atoms with van der Waals surface area (Å²) >= 11 is 0. The number of hydrogen-bond acceptors (Lipinski definition) is 4. The summed E-state index contributed by atoms with van der Waals surface area (Å²) in [4.78, 5) is 25.4. The Kier molecular flexibility index (Phi) is 7.25. The van der Waals surface area contributed by atoms with Gasteiger partial charge in [-0.1, -0.05) is 36.8 Å². The fourth-order valence-electron chi connectivity index (χ4n) is 3.21. The van der Waals surface area contributed by atoms with Crippen LogP contribution in [0.5, 0.6) is 5.75 Å². The number of amides is 2. The van der Waals surface area contributed by atoms with Gasteiger partial charge in [-0.05, 0) is 50.5 Å². The molecule has 0 saturated carbocycles. The summed E-state index contributed by atoms with van der Waals surface area (Å²) in [6.07, 6.45) is 1.89. The van der Waals surface area contributed by atoms with Gasteiger partial charge in [-0.15, -0.1) is 0 Å². The molecule has 1 heterocycles. The van der Waals surface area contributed by atoms with E-state index in [0.29, 0.717) is 30.0 Å². The molecular formula is C23H28N2O4. The van der Waals surface area contributed by atoms with Crippen molar-refractivity contribution in [2.24, 2.45) is 0 Å². The molecule has 0 spiro atoms. The second kappa shape index (κ2) is 10.1. The van der Waals surface area contributed by atoms with Crippen LogP contribution in [0.15, 0.2) is 48.5 Å². The predicted octanol–water partition coefficient (Wildman–Crippen LogP) is 3.70. The van der Waals surface area contributed by atoms with Crippen molar-refractivity contribution in [2.45, 2.75) is 45.3 Å². The molecule has 2 N–H and O–H groups in total. The number of nitrogens with one attached hydrogen (secondary N) is 2. The van der Waals surface area contributed by atoms with Crippen LogP contribution in [-0.4, -0.2) is 37.2 Å². The predicted molar refractivity (Wildman–Crippen MR) is 112 cm³/mol. The van der Waals surface area contributed by atoms with Gasteiger partial charge in [-0.3, -0.25) is 9.59 Å². The van der Waals surface area contributed by atoms with Crippen molar-refractivity contribution in [3.05, 3.63) is 59.7 Å². The third-order valence-electron chi connectivity index (χ3n) is 4.91. The third kappa shape index (κ3) is 5.81. The van der Waals surface area contributed by atoms with Crippen molar-refractivity contribution in [3.8, 4) is 5.75 Å². The lowest BCUT2D eigenvalue weighted by Crippen LogP contribution is -2.35. The van der Waals surface area contributed by atoms with Gasteiger partial charge in [0.15, 0.2) is 6.10 Å². The van der Waals surface area contributed by atoms with E-state index in [2.05, 4.69) is 10.6 Å². The molecule has 1 saturated heterocycles. The largest absolute Gasteiger partial charge is 0.481 e. The smallest absolute Gasteiger partial charge is 0.265 e. The molecule has 1 fully saturated rings. The number of benzene rings is 2. The number of hydrogen-bond donors (Lipinski definition) is 2. The van der Waals surface area contributed by atoms with Gasteiger partial charge in [0.25, 0.3) is 11.8 Å². The minimum atomic E-state index is -0.652. The number of anilines is 1. The first-order valence-electron chi connectivity index (χ1n) is 10.1. The lowest BCUT2D eigenvalue weighted by Gasteiger charge is -2.19. The first-order valence-corrected chi connectivity index (χ1v) is 10.1. The van der Waals surface area contributed by atoms with E-state index < -0.39 is 6.10 Å². The summed E-state index contributed by atoms with van der Waals surface area (Å²) in [6, 6.07) is 14.5. The van der Waals surface area contributed by atoms with Gasteiger partial charge in [0, 0.05) is 13.2 Å². The fraction of sp³-hybridized carbons (Fsp3) is 0.391. The maximum atomic E-state index is 12.8. The Morgan fingerprint density at radius 3 is 2.62 bits per heavy atom. The van der Waals surface area contributed by atoms with E-state index in [1.54, 1.807) is 24.3 Å². The lowest BCUT2D eigenvalue weighted by atomic mass is 10.1. The third-order valence-corrected chi connectivity index (χ3v) is 4.91. The Balaban J connectivity index is 1.64. The maximum absolute atomic E-state index is 12.8. The molecule has 1 aliphatic rings. The number of rotatable bonds is 8. The van der Waals surface area contributed by atoms with Gasteiger partial charge < -0.3 is 20.1 Å².